The van der Waals surface area contributed by atoms with Gasteiger partial charge in [-0.1, -0.05) is 18.2 Å². The highest BCUT2D eigenvalue weighted by molar-refractivity contribution is 5.39. The quantitative estimate of drug-likeness (QED) is 0.615. The van der Waals surface area contributed by atoms with Crippen LogP contribution in [0, 0.1) is 10.1 Å². The van der Waals surface area contributed by atoms with E-state index in [1.54, 1.807) is 18.2 Å². The van der Waals surface area contributed by atoms with Gasteiger partial charge in [0.1, 0.15) is 0 Å². The van der Waals surface area contributed by atoms with Crippen molar-refractivity contribution in [2.75, 3.05) is 0 Å². The van der Waals surface area contributed by atoms with Gasteiger partial charge in [0.15, 0.2) is 0 Å². The van der Waals surface area contributed by atoms with Gasteiger partial charge in [0.05, 0.1) is 11.0 Å². The number of nitrogens with zero attached hydrogens (tertiary/aromatic N) is 1. The average molecular weight is 236 g/mol. The van der Waals surface area contributed by atoms with E-state index in [-0.39, 0.29) is 22.8 Å². The molecule has 0 bridgehead atoms. The van der Waals surface area contributed by atoms with Crippen molar-refractivity contribution in [3.8, 4) is 0 Å². The third-order valence-corrected chi connectivity index (χ3v) is 3.22. The molecule has 92 valence electrons. The molecule has 0 spiro atoms. The lowest BCUT2D eigenvalue weighted by Crippen LogP contribution is -2.35. The van der Waals surface area contributed by atoms with E-state index in [2.05, 4.69) is 5.32 Å². The van der Waals surface area contributed by atoms with Gasteiger partial charge in [-0.15, -0.1) is 0 Å². The van der Waals surface area contributed by atoms with Crippen molar-refractivity contribution in [3.05, 3.63) is 39.9 Å². The summed E-state index contributed by atoms with van der Waals surface area (Å²) in [6.07, 6.45) is 2.43. The molecule has 1 saturated carbocycles. The Morgan fingerprint density at radius 3 is 2.82 bits per heavy atom. The molecule has 17 heavy (non-hydrogen) atoms. The zero-order valence-electron chi connectivity index (χ0n) is 9.50. The van der Waals surface area contributed by atoms with Gasteiger partial charge in [-0.2, -0.15) is 0 Å². The van der Waals surface area contributed by atoms with Crippen LogP contribution in [0.15, 0.2) is 24.3 Å². The van der Waals surface area contributed by atoms with Crippen LogP contribution in [0.1, 0.15) is 24.8 Å². The Kier molecular flexibility index (Phi) is 3.71. The number of rotatable bonds is 4. The Bertz CT molecular complexity index is 408. The van der Waals surface area contributed by atoms with E-state index in [1.165, 1.54) is 6.07 Å². The fourth-order valence-electron chi connectivity index (χ4n) is 2.26. The Hall–Kier alpha value is -1.46. The molecule has 1 aromatic rings. The van der Waals surface area contributed by atoms with Crippen LogP contribution in [0.4, 0.5) is 5.69 Å². The van der Waals surface area contributed by atoms with E-state index < -0.39 is 0 Å². The summed E-state index contributed by atoms with van der Waals surface area (Å²) >= 11 is 0. The van der Waals surface area contributed by atoms with Gasteiger partial charge in [-0.3, -0.25) is 10.1 Å². The fourth-order valence-corrected chi connectivity index (χ4v) is 2.26. The molecule has 0 saturated heterocycles. The standard InChI is InChI=1S/C12H16N2O3/c15-12-7-3-5-10(12)13-8-9-4-1-2-6-11(9)14(16)17/h1-2,4,6,10,12-13,15H,3,5,7-8H2/t10-,12-/m1/s1. The number of aliphatic hydroxyl groups excluding tert-OH is 1. The molecule has 5 heteroatoms. The number of aliphatic hydroxyl groups is 1. The molecule has 0 amide bonds. The summed E-state index contributed by atoms with van der Waals surface area (Å²) in [5, 5.41) is 23.6. The van der Waals surface area contributed by atoms with E-state index in [4.69, 9.17) is 0 Å². The van der Waals surface area contributed by atoms with Crippen molar-refractivity contribution in [2.45, 2.75) is 38.0 Å². The van der Waals surface area contributed by atoms with E-state index >= 15 is 0 Å². The minimum absolute atomic E-state index is 0.0646. The normalized spacial score (nSPS) is 23.8. The first-order valence-electron chi connectivity index (χ1n) is 5.82. The maximum absolute atomic E-state index is 10.8. The molecular weight excluding hydrogens is 220 g/mol. The number of nitro groups is 1. The van der Waals surface area contributed by atoms with Crippen LogP contribution in [-0.4, -0.2) is 22.2 Å². The summed E-state index contributed by atoms with van der Waals surface area (Å²) < 4.78 is 0. The van der Waals surface area contributed by atoms with E-state index in [0.717, 1.165) is 19.3 Å². The topological polar surface area (TPSA) is 75.4 Å². The first-order chi connectivity index (χ1) is 8.18. The molecule has 1 fully saturated rings. The smallest absolute Gasteiger partial charge is 0.273 e. The number of benzene rings is 1. The van der Waals surface area contributed by atoms with Gasteiger partial charge in [-0.05, 0) is 19.3 Å². The number of nitro benzene ring substituents is 1. The summed E-state index contributed by atoms with van der Waals surface area (Å²) in [5.74, 6) is 0. The van der Waals surface area contributed by atoms with Crippen LogP contribution in [-0.2, 0) is 6.54 Å². The molecule has 0 aromatic heterocycles. The number of nitrogens with one attached hydrogen (secondary N) is 1. The second-order valence-corrected chi connectivity index (χ2v) is 4.37. The first-order valence-corrected chi connectivity index (χ1v) is 5.82. The Morgan fingerprint density at radius 2 is 2.18 bits per heavy atom. The van der Waals surface area contributed by atoms with Crippen LogP contribution in [0.2, 0.25) is 0 Å². The van der Waals surface area contributed by atoms with Crippen molar-refractivity contribution in [1.82, 2.24) is 5.32 Å². The second kappa shape index (κ2) is 5.25. The fraction of sp³-hybridized carbons (Fsp3) is 0.500. The zero-order chi connectivity index (χ0) is 12.3. The molecule has 2 N–H and O–H groups in total. The Labute approximate surface area is 99.6 Å². The van der Waals surface area contributed by atoms with E-state index in [1.807, 2.05) is 0 Å². The number of hydrogen-bond acceptors (Lipinski definition) is 4. The summed E-state index contributed by atoms with van der Waals surface area (Å²) in [6.45, 7) is 0.429. The molecule has 1 aromatic carbocycles. The number of hydrogen-bond donors (Lipinski definition) is 2. The van der Waals surface area contributed by atoms with Crippen LogP contribution >= 0.6 is 0 Å². The van der Waals surface area contributed by atoms with Crippen LogP contribution in [0.5, 0.6) is 0 Å². The summed E-state index contributed by atoms with van der Waals surface area (Å²) in [7, 11) is 0. The van der Waals surface area contributed by atoms with Gasteiger partial charge in [0, 0.05) is 24.2 Å². The van der Waals surface area contributed by atoms with E-state index in [9.17, 15) is 15.2 Å². The Morgan fingerprint density at radius 1 is 1.41 bits per heavy atom. The lowest BCUT2D eigenvalue weighted by molar-refractivity contribution is -0.385. The highest BCUT2D eigenvalue weighted by atomic mass is 16.6. The third kappa shape index (κ3) is 2.81. The van der Waals surface area contributed by atoms with Crippen molar-refractivity contribution in [2.24, 2.45) is 0 Å². The SMILES string of the molecule is O=[N+]([O-])c1ccccc1CN[C@@H]1CCC[C@H]1O. The number of para-hydroxylation sites is 1. The largest absolute Gasteiger partial charge is 0.392 e. The maximum Gasteiger partial charge on any atom is 0.273 e. The zero-order valence-corrected chi connectivity index (χ0v) is 9.50. The molecule has 0 radical (unpaired) electrons. The summed E-state index contributed by atoms with van der Waals surface area (Å²) in [6, 6.07) is 6.75. The van der Waals surface area contributed by atoms with Crippen LogP contribution in [0.3, 0.4) is 0 Å². The van der Waals surface area contributed by atoms with Gasteiger partial charge < -0.3 is 10.4 Å². The Balaban J connectivity index is 2.01. The van der Waals surface area contributed by atoms with Crippen LogP contribution in [0.25, 0.3) is 0 Å². The molecular formula is C12H16N2O3. The predicted octanol–water partition coefficient (Wildman–Crippen LogP) is 1.60. The highest BCUT2D eigenvalue weighted by Crippen LogP contribution is 2.21. The monoisotopic (exact) mass is 236 g/mol. The van der Waals surface area contributed by atoms with E-state index in [0.29, 0.717) is 12.1 Å². The summed E-state index contributed by atoms with van der Waals surface area (Å²) in [5.41, 5.74) is 0.795. The van der Waals surface area contributed by atoms with Crippen LogP contribution < -0.4 is 5.32 Å². The summed E-state index contributed by atoms with van der Waals surface area (Å²) in [4.78, 5) is 10.4. The molecule has 2 rings (SSSR count). The molecule has 0 aliphatic heterocycles. The van der Waals surface area contributed by atoms with Crippen molar-refractivity contribution in [1.29, 1.82) is 0 Å². The third-order valence-electron chi connectivity index (χ3n) is 3.22. The van der Waals surface area contributed by atoms with Gasteiger partial charge in [0.2, 0.25) is 0 Å². The second-order valence-electron chi connectivity index (χ2n) is 4.37. The van der Waals surface area contributed by atoms with Gasteiger partial charge in [0.25, 0.3) is 5.69 Å². The van der Waals surface area contributed by atoms with Crippen molar-refractivity contribution < 1.29 is 10.0 Å². The van der Waals surface area contributed by atoms with Gasteiger partial charge in [-0.25, -0.2) is 0 Å². The molecule has 2 atom stereocenters. The molecule has 1 aliphatic carbocycles. The maximum atomic E-state index is 10.8. The average Bonchev–Trinajstić information content (AvgIpc) is 2.72. The minimum Gasteiger partial charge on any atom is -0.392 e. The van der Waals surface area contributed by atoms with Crippen molar-refractivity contribution in [3.63, 3.8) is 0 Å². The molecule has 0 unspecified atom stereocenters. The lowest BCUT2D eigenvalue weighted by atomic mass is 10.1. The molecule has 1 aliphatic rings. The first kappa shape index (κ1) is 12.0. The van der Waals surface area contributed by atoms with Crippen molar-refractivity contribution >= 4 is 5.69 Å². The van der Waals surface area contributed by atoms with Gasteiger partial charge >= 0.3 is 0 Å². The molecule has 5 nitrogen and oxygen atoms in total. The predicted molar refractivity (Wildman–Crippen MR) is 63.6 cm³/mol. The molecule has 0 heterocycles. The highest BCUT2D eigenvalue weighted by Gasteiger charge is 2.25. The minimum atomic E-state index is -0.373. The lowest BCUT2D eigenvalue weighted by Gasteiger charge is -2.16.